The van der Waals surface area contributed by atoms with Gasteiger partial charge in [0.25, 0.3) is 0 Å². The van der Waals surface area contributed by atoms with Crippen molar-refractivity contribution in [1.29, 1.82) is 0 Å². The second-order valence-corrected chi connectivity index (χ2v) is 3.46. The minimum Gasteiger partial charge on any atom is -0.480 e. The summed E-state index contributed by atoms with van der Waals surface area (Å²) in [6, 6.07) is 7.62. The van der Waals surface area contributed by atoms with E-state index in [0.29, 0.717) is 5.56 Å². The van der Waals surface area contributed by atoms with Gasteiger partial charge in [0.05, 0.1) is 6.54 Å². The molecule has 86 valence electrons. The van der Waals surface area contributed by atoms with Crippen molar-refractivity contribution in [2.45, 2.75) is 6.04 Å². The summed E-state index contributed by atoms with van der Waals surface area (Å²) in [5.41, 5.74) is 0.568. The summed E-state index contributed by atoms with van der Waals surface area (Å²) < 4.78 is 0. The fraction of sp³-hybridized carbons (Fsp3) is 0.273. The Bertz CT molecular complexity index is 377. The van der Waals surface area contributed by atoms with Crippen molar-refractivity contribution in [3.05, 3.63) is 35.9 Å². The van der Waals surface area contributed by atoms with Crippen molar-refractivity contribution >= 4 is 11.9 Å². The quantitative estimate of drug-likeness (QED) is 0.773. The Morgan fingerprint density at radius 1 is 1.25 bits per heavy atom. The number of nitrogens with zero attached hydrogens (tertiary/aromatic N) is 1. The van der Waals surface area contributed by atoms with Crippen LogP contribution in [0.15, 0.2) is 30.3 Å². The summed E-state index contributed by atoms with van der Waals surface area (Å²) in [6.07, 6.45) is 0. The third-order valence-corrected chi connectivity index (χ3v) is 2.17. The van der Waals surface area contributed by atoms with E-state index in [1.54, 1.807) is 30.3 Å². The van der Waals surface area contributed by atoms with E-state index in [1.807, 2.05) is 0 Å². The summed E-state index contributed by atoms with van der Waals surface area (Å²) in [5, 5.41) is 17.7. The minimum absolute atomic E-state index is 0.314. The van der Waals surface area contributed by atoms with Gasteiger partial charge in [-0.1, -0.05) is 30.3 Å². The van der Waals surface area contributed by atoms with Crippen LogP contribution in [0.5, 0.6) is 0 Å². The van der Waals surface area contributed by atoms with Gasteiger partial charge in [-0.25, -0.2) is 0 Å². The van der Waals surface area contributed by atoms with Gasteiger partial charge >= 0.3 is 11.9 Å². The van der Waals surface area contributed by atoms with Gasteiger partial charge in [0.15, 0.2) is 0 Å². The molecule has 0 fully saturated rings. The largest absolute Gasteiger partial charge is 0.480 e. The van der Waals surface area contributed by atoms with E-state index in [0.717, 1.165) is 0 Å². The summed E-state index contributed by atoms with van der Waals surface area (Å²) in [6.45, 7) is -0.314. The van der Waals surface area contributed by atoms with Crippen LogP contribution in [0.25, 0.3) is 0 Å². The second-order valence-electron chi connectivity index (χ2n) is 3.46. The van der Waals surface area contributed by atoms with Crippen molar-refractivity contribution < 1.29 is 19.8 Å². The Balaban J connectivity index is 2.92. The molecule has 0 aliphatic carbocycles. The summed E-state index contributed by atoms with van der Waals surface area (Å²) >= 11 is 0. The zero-order valence-electron chi connectivity index (χ0n) is 8.83. The Morgan fingerprint density at radius 3 is 2.25 bits per heavy atom. The van der Waals surface area contributed by atoms with Crippen LogP contribution in [0.2, 0.25) is 0 Å². The highest BCUT2D eigenvalue weighted by atomic mass is 16.4. The maximum absolute atomic E-state index is 11.1. The lowest BCUT2D eigenvalue weighted by molar-refractivity contribution is -0.145. The average molecular weight is 223 g/mol. The van der Waals surface area contributed by atoms with Crippen LogP contribution in [0.4, 0.5) is 0 Å². The molecule has 2 N–H and O–H groups in total. The van der Waals surface area contributed by atoms with Crippen LogP contribution < -0.4 is 0 Å². The van der Waals surface area contributed by atoms with Gasteiger partial charge in [0.1, 0.15) is 6.04 Å². The molecule has 1 aromatic rings. The monoisotopic (exact) mass is 223 g/mol. The van der Waals surface area contributed by atoms with Crippen molar-refractivity contribution in [3.8, 4) is 0 Å². The summed E-state index contributed by atoms with van der Waals surface area (Å²) in [5.74, 6) is -2.11. The SMILES string of the molecule is CN(CC(=O)O)C(C(=O)O)c1ccccc1. The molecule has 5 heteroatoms. The van der Waals surface area contributed by atoms with E-state index in [2.05, 4.69) is 0 Å². The fourth-order valence-electron chi connectivity index (χ4n) is 1.53. The zero-order valence-corrected chi connectivity index (χ0v) is 8.83. The summed E-state index contributed by atoms with van der Waals surface area (Å²) in [4.78, 5) is 22.9. The molecule has 0 bridgehead atoms. The molecule has 5 nitrogen and oxygen atoms in total. The average Bonchev–Trinajstić information content (AvgIpc) is 2.17. The predicted octanol–water partition coefficient (Wildman–Crippen LogP) is 0.829. The third-order valence-electron chi connectivity index (χ3n) is 2.17. The number of carboxylic acids is 2. The predicted molar refractivity (Wildman–Crippen MR) is 57.1 cm³/mol. The van der Waals surface area contributed by atoms with Crippen LogP contribution in [-0.4, -0.2) is 40.6 Å². The third kappa shape index (κ3) is 3.06. The molecule has 0 amide bonds. The highest BCUT2D eigenvalue weighted by molar-refractivity contribution is 5.77. The number of hydrogen-bond acceptors (Lipinski definition) is 3. The number of rotatable bonds is 5. The van der Waals surface area contributed by atoms with Gasteiger partial charge < -0.3 is 10.2 Å². The number of carboxylic acid groups (broad SMARTS) is 2. The van der Waals surface area contributed by atoms with E-state index < -0.39 is 18.0 Å². The molecular formula is C11H13NO4. The van der Waals surface area contributed by atoms with Gasteiger partial charge in [-0.3, -0.25) is 14.5 Å². The highest BCUT2D eigenvalue weighted by Crippen LogP contribution is 2.18. The van der Waals surface area contributed by atoms with Gasteiger partial charge in [0.2, 0.25) is 0 Å². The number of carbonyl (C=O) groups is 2. The van der Waals surface area contributed by atoms with Gasteiger partial charge in [-0.2, -0.15) is 0 Å². The molecule has 1 aromatic carbocycles. The van der Waals surface area contributed by atoms with Crippen LogP contribution in [0.1, 0.15) is 11.6 Å². The minimum atomic E-state index is -1.06. The van der Waals surface area contributed by atoms with Crippen molar-refractivity contribution in [1.82, 2.24) is 4.90 Å². The van der Waals surface area contributed by atoms with Crippen molar-refractivity contribution in [2.24, 2.45) is 0 Å². The van der Waals surface area contributed by atoms with E-state index >= 15 is 0 Å². The number of benzene rings is 1. The molecular weight excluding hydrogens is 210 g/mol. The molecule has 1 unspecified atom stereocenters. The normalized spacial score (nSPS) is 12.4. The Hall–Kier alpha value is -1.88. The van der Waals surface area contributed by atoms with E-state index in [-0.39, 0.29) is 6.54 Å². The van der Waals surface area contributed by atoms with E-state index in [9.17, 15) is 9.59 Å². The second kappa shape index (κ2) is 5.27. The zero-order chi connectivity index (χ0) is 12.1. The van der Waals surface area contributed by atoms with E-state index in [1.165, 1.54) is 11.9 Å². The van der Waals surface area contributed by atoms with Crippen LogP contribution in [0, 0.1) is 0 Å². The first kappa shape index (κ1) is 12.2. The lowest BCUT2D eigenvalue weighted by atomic mass is 10.1. The maximum Gasteiger partial charge on any atom is 0.325 e. The lowest BCUT2D eigenvalue weighted by Gasteiger charge is -2.22. The fourth-order valence-corrected chi connectivity index (χ4v) is 1.53. The van der Waals surface area contributed by atoms with Crippen LogP contribution in [0.3, 0.4) is 0 Å². The number of aliphatic carboxylic acids is 2. The Morgan fingerprint density at radius 2 is 1.81 bits per heavy atom. The van der Waals surface area contributed by atoms with Crippen molar-refractivity contribution in [3.63, 3.8) is 0 Å². The van der Waals surface area contributed by atoms with Gasteiger partial charge in [-0.05, 0) is 12.6 Å². The molecule has 1 atom stereocenters. The summed E-state index contributed by atoms with van der Waals surface area (Å²) in [7, 11) is 1.47. The highest BCUT2D eigenvalue weighted by Gasteiger charge is 2.25. The molecule has 0 aliphatic rings. The van der Waals surface area contributed by atoms with Gasteiger partial charge in [-0.15, -0.1) is 0 Å². The first-order valence-electron chi connectivity index (χ1n) is 4.72. The molecule has 0 radical (unpaired) electrons. The molecule has 0 heterocycles. The number of likely N-dealkylation sites (N-methyl/N-ethyl adjacent to an activating group) is 1. The molecule has 0 saturated carbocycles. The molecule has 0 saturated heterocycles. The molecule has 1 rings (SSSR count). The lowest BCUT2D eigenvalue weighted by Crippen LogP contribution is -2.34. The number of hydrogen-bond donors (Lipinski definition) is 2. The topological polar surface area (TPSA) is 77.8 Å². The molecule has 0 aromatic heterocycles. The first-order chi connectivity index (χ1) is 7.52. The van der Waals surface area contributed by atoms with E-state index in [4.69, 9.17) is 10.2 Å². The molecule has 16 heavy (non-hydrogen) atoms. The standard InChI is InChI=1S/C11H13NO4/c1-12(7-9(13)14)10(11(15)16)8-5-3-2-4-6-8/h2-6,10H,7H2,1H3,(H,13,14)(H,15,16). The van der Waals surface area contributed by atoms with Gasteiger partial charge in [0, 0.05) is 0 Å². The smallest absolute Gasteiger partial charge is 0.325 e. The van der Waals surface area contributed by atoms with Crippen LogP contribution in [-0.2, 0) is 9.59 Å². The molecule has 0 aliphatic heterocycles. The molecule has 0 spiro atoms. The Kier molecular flexibility index (Phi) is 4.02. The first-order valence-corrected chi connectivity index (χ1v) is 4.72. The van der Waals surface area contributed by atoms with Crippen molar-refractivity contribution in [2.75, 3.05) is 13.6 Å². The maximum atomic E-state index is 11.1. The Labute approximate surface area is 92.9 Å². The van der Waals surface area contributed by atoms with Crippen LogP contribution >= 0.6 is 0 Å².